The van der Waals surface area contributed by atoms with Gasteiger partial charge in [-0.3, -0.25) is 9.55 Å². The van der Waals surface area contributed by atoms with Crippen molar-refractivity contribution in [3.05, 3.63) is 78.8 Å². The second-order valence-electron chi connectivity index (χ2n) is 5.67. The van der Waals surface area contributed by atoms with E-state index in [0.717, 1.165) is 33.7 Å². The van der Waals surface area contributed by atoms with Gasteiger partial charge in [-0.05, 0) is 60.1 Å². The van der Waals surface area contributed by atoms with Crippen molar-refractivity contribution in [3.63, 3.8) is 0 Å². The van der Waals surface area contributed by atoms with E-state index in [1.54, 1.807) is 18.6 Å². The molecule has 5 nitrogen and oxygen atoms in total. The van der Waals surface area contributed by atoms with Crippen molar-refractivity contribution in [2.45, 2.75) is 23.5 Å². The summed E-state index contributed by atoms with van der Waals surface area (Å²) < 4.78 is 2.06. The van der Waals surface area contributed by atoms with Crippen molar-refractivity contribution < 1.29 is 0 Å². The molecule has 0 bridgehead atoms. The molecular formula is C20H17N5S. The van der Waals surface area contributed by atoms with Gasteiger partial charge < -0.3 is 0 Å². The Labute approximate surface area is 156 Å². The smallest absolute Gasteiger partial charge is 0.202 e. The Bertz CT molecular complexity index is 982. The summed E-state index contributed by atoms with van der Waals surface area (Å²) >= 11 is 1.50. The number of aryl methyl sites for hydroxylation is 1. The predicted molar refractivity (Wildman–Crippen MR) is 102 cm³/mol. The molecule has 4 aromatic rings. The van der Waals surface area contributed by atoms with E-state index in [0.29, 0.717) is 0 Å². The molecule has 0 saturated heterocycles. The topological polar surface area (TPSA) is 56.5 Å². The first-order valence-corrected chi connectivity index (χ1v) is 9.21. The number of aromatic nitrogens is 5. The van der Waals surface area contributed by atoms with Gasteiger partial charge in [-0.1, -0.05) is 25.1 Å². The fraction of sp³-hybridized carbons (Fsp3) is 0.100. The molecule has 0 unspecified atom stereocenters. The van der Waals surface area contributed by atoms with E-state index in [4.69, 9.17) is 0 Å². The fourth-order valence-corrected chi connectivity index (χ4v) is 3.45. The van der Waals surface area contributed by atoms with E-state index < -0.39 is 0 Å². The van der Waals surface area contributed by atoms with E-state index in [1.165, 1.54) is 17.3 Å². The van der Waals surface area contributed by atoms with Gasteiger partial charge in [0.1, 0.15) is 5.03 Å². The van der Waals surface area contributed by atoms with Crippen LogP contribution in [0.5, 0.6) is 0 Å². The Morgan fingerprint density at radius 2 is 1.69 bits per heavy atom. The van der Waals surface area contributed by atoms with Gasteiger partial charge in [0.15, 0.2) is 5.82 Å². The van der Waals surface area contributed by atoms with Gasteiger partial charge in [0.25, 0.3) is 0 Å². The molecule has 3 heterocycles. The van der Waals surface area contributed by atoms with Crippen LogP contribution in [-0.2, 0) is 6.42 Å². The minimum Gasteiger partial charge on any atom is -0.270 e. The third-order valence-electron chi connectivity index (χ3n) is 4.01. The highest BCUT2D eigenvalue weighted by atomic mass is 32.2. The van der Waals surface area contributed by atoms with E-state index in [2.05, 4.69) is 55.9 Å². The minimum atomic E-state index is 0.778. The lowest BCUT2D eigenvalue weighted by Gasteiger charge is -2.10. The Kier molecular flexibility index (Phi) is 4.75. The van der Waals surface area contributed by atoms with Crippen LogP contribution in [0.3, 0.4) is 0 Å². The molecule has 0 aliphatic rings. The Balaban J connectivity index is 1.82. The SMILES string of the molecule is CCc1ccc(-n2c(Sc3ccccn3)nnc2-c2ccncc2)cc1. The normalized spacial score (nSPS) is 10.8. The summed E-state index contributed by atoms with van der Waals surface area (Å²) in [5, 5.41) is 10.5. The number of pyridine rings is 2. The van der Waals surface area contributed by atoms with Crippen LogP contribution in [0.4, 0.5) is 0 Å². The molecule has 0 spiro atoms. The number of nitrogens with zero attached hydrogens (tertiary/aromatic N) is 5. The highest BCUT2D eigenvalue weighted by molar-refractivity contribution is 7.99. The molecule has 0 fully saturated rings. The number of hydrogen-bond donors (Lipinski definition) is 0. The van der Waals surface area contributed by atoms with Crippen molar-refractivity contribution in [2.24, 2.45) is 0 Å². The van der Waals surface area contributed by atoms with E-state index in [1.807, 2.05) is 30.3 Å². The lowest BCUT2D eigenvalue weighted by atomic mass is 10.1. The van der Waals surface area contributed by atoms with Gasteiger partial charge in [0.2, 0.25) is 5.16 Å². The Morgan fingerprint density at radius 3 is 2.38 bits per heavy atom. The van der Waals surface area contributed by atoms with Gasteiger partial charge in [-0.15, -0.1) is 10.2 Å². The molecule has 4 rings (SSSR count). The van der Waals surface area contributed by atoms with Crippen molar-refractivity contribution in [3.8, 4) is 17.1 Å². The largest absolute Gasteiger partial charge is 0.270 e. The second kappa shape index (κ2) is 7.49. The van der Waals surface area contributed by atoms with Crippen LogP contribution in [0, 0.1) is 0 Å². The lowest BCUT2D eigenvalue weighted by molar-refractivity contribution is 0.882. The van der Waals surface area contributed by atoms with Crippen molar-refractivity contribution in [1.29, 1.82) is 0 Å². The number of hydrogen-bond acceptors (Lipinski definition) is 5. The third kappa shape index (κ3) is 3.36. The summed E-state index contributed by atoms with van der Waals surface area (Å²) in [7, 11) is 0. The summed E-state index contributed by atoms with van der Waals surface area (Å²) in [4.78, 5) is 8.49. The van der Waals surface area contributed by atoms with E-state index in [-0.39, 0.29) is 0 Å². The first kappa shape index (κ1) is 16.5. The van der Waals surface area contributed by atoms with Crippen LogP contribution in [0.15, 0.2) is 83.4 Å². The van der Waals surface area contributed by atoms with E-state index >= 15 is 0 Å². The Hall–Kier alpha value is -2.99. The first-order valence-electron chi connectivity index (χ1n) is 8.39. The van der Waals surface area contributed by atoms with Gasteiger partial charge in [-0.2, -0.15) is 0 Å². The van der Waals surface area contributed by atoms with Crippen LogP contribution < -0.4 is 0 Å². The summed E-state index contributed by atoms with van der Waals surface area (Å²) in [5.41, 5.74) is 3.29. The number of benzene rings is 1. The highest BCUT2D eigenvalue weighted by Gasteiger charge is 2.17. The molecule has 6 heteroatoms. The van der Waals surface area contributed by atoms with Gasteiger partial charge in [0, 0.05) is 29.8 Å². The molecule has 0 aliphatic carbocycles. The lowest BCUT2D eigenvalue weighted by Crippen LogP contribution is -2.00. The fourth-order valence-electron chi connectivity index (χ4n) is 2.64. The van der Waals surface area contributed by atoms with Crippen LogP contribution in [-0.4, -0.2) is 24.7 Å². The predicted octanol–water partition coefficient (Wildman–Crippen LogP) is 4.44. The molecule has 26 heavy (non-hydrogen) atoms. The van der Waals surface area contributed by atoms with Crippen molar-refractivity contribution in [2.75, 3.05) is 0 Å². The third-order valence-corrected chi connectivity index (χ3v) is 4.91. The molecule has 0 atom stereocenters. The standard InChI is InChI=1S/C20H17N5S/c1-2-15-6-8-17(9-7-15)25-19(16-10-13-21-14-11-16)23-24-20(25)26-18-5-3-4-12-22-18/h3-14H,2H2,1H3. The quantitative estimate of drug-likeness (QED) is 0.527. The van der Waals surface area contributed by atoms with Gasteiger partial charge in [-0.25, -0.2) is 4.98 Å². The first-order chi connectivity index (χ1) is 12.8. The minimum absolute atomic E-state index is 0.778. The zero-order valence-electron chi connectivity index (χ0n) is 14.3. The number of rotatable bonds is 5. The molecule has 0 amide bonds. The monoisotopic (exact) mass is 359 g/mol. The molecule has 0 radical (unpaired) electrons. The maximum atomic E-state index is 4.44. The second-order valence-corrected chi connectivity index (χ2v) is 6.66. The maximum Gasteiger partial charge on any atom is 0.202 e. The van der Waals surface area contributed by atoms with Gasteiger partial charge >= 0.3 is 0 Å². The molecular weight excluding hydrogens is 342 g/mol. The Morgan fingerprint density at radius 1 is 0.885 bits per heavy atom. The summed E-state index contributed by atoms with van der Waals surface area (Å²) in [6.07, 6.45) is 6.32. The van der Waals surface area contributed by atoms with Crippen molar-refractivity contribution >= 4 is 11.8 Å². The molecule has 3 aromatic heterocycles. The average Bonchev–Trinajstić information content (AvgIpc) is 3.13. The van der Waals surface area contributed by atoms with E-state index in [9.17, 15) is 0 Å². The van der Waals surface area contributed by atoms with Crippen LogP contribution in [0.1, 0.15) is 12.5 Å². The van der Waals surface area contributed by atoms with Crippen molar-refractivity contribution in [1.82, 2.24) is 24.7 Å². The molecule has 1 aromatic carbocycles. The highest BCUT2D eigenvalue weighted by Crippen LogP contribution is 2.31. The maximum absolute atomic E-state index is 4.44. The molecule has 0 N–H and O–H groups in total. The zero-order valence-corrected chi connectivity index (χ0v) is 15.1. The molecule has 128 valence electrons. The summed E-state index contributed by atoms with van der Waals surface area (Å²) in [5.74, 6) is 0.787. The molecule has 0 aliphatic heterocycles. The zero-order chi connectivity index (χ0) is 17.8. The van der Waals surface area contributed by atoms with Gasteiger partial charge in [0.05, 0.1) is 0 Å². The summed E-state index contributed by atoms with van der Waals surface area (Å²) in [6.45, 7) is 2.15. The summed E-state index contributed by atoms with van der Waals surface area (Å²) in [6, 6.07) is 18.2. The molecule has 0 saturated carbocycles. The average molecular weight is 359 g/mol. The van der Waals surface area contributed by atoms with Crippen LogP contribution >= 0.6 is 11.8 Å². The van der Waals surface area contributed by atoms with Crippen LogP contribution in [0.2, 0.25) is 0 Å². The van der Waals surface area contributed by atoms with Crippen LogP contribution in [0.25, 0.3) is 17.1 Å².